The fraction of sp³-hybridized carbons (Fsp3) is 0.821. The van der Waals surface area contributed by atoms with Crippen molar-refractivity contribution >= 4 is 11.8 Å². The van der Waals surface area contributed by atoms with Crippen LogP contribution in [0.2, 0.25) is 0 Å². The van der Waals surface area contributed by atoms with Crippen LogP contribution in [-0.2, 0) is 66.4 Å². The minimum absolute atomic E-state index is 0.0822. The van der Waals surface area contributed by atoms with Gasteiger partial charge in [0.2, 0.25) is 0 Å². The average Bonchev–Trinajstić information content (AvgIpc) is 3.78. The van der Waals surface area contributed by atoms with Gasteiger partial charge in [0.05, 0.1) is 60.5 Å². The third-order valence-electron chi connectivity index (χ3n) is 19.2. The van der Waals surface area contributed by atoms with Crippen LogP contribution in [0.5, 0.6) is 0 Å². The lowest BCUT2D eigenvalue weighted by atomic mass is 9.43. The number of benzene rings is 1. The van der Waals surface area contributed by atoms with Gasteiger partial charge in [-0.05, 0) is 97.1 Å². The van der Waals surface area contributed by atoms with E-state index < -0.39 is 132 Å². The summed E-state index contributed by atoms with van der Waals surface area (Å²) in [6.07, 6.45) is -2.17. The van der Waals surface area contributed by atoms with Gasteiger partial charge in [-0.2, -0.15) is 0 Å². The Balaban J connectivity index is 0.803. The van der Waals surface area contributed by atoms with Crippen molar-refractivity contribution in [3.8, 4) is 0 Å². The van der Waals surface area contributed by atoms with E-state index in [9.17, 15) is 24.9 Å². The van der Waals surface area contributed by atoms with E-state index in [2.05, 4.69) is 13.0 Å². The number of Topliss-reactive ketones (excluding diaryl/α,β-unsaturated/α-hetero) is 1. The standard InChI is InChI=1S/C56H84O18/c1-29(57)37-19-22-56(61)54(37,7)43(71-52(59)34-15-13-12-14-16-34)28-42-53(6)20-18-36(23-35(53)17-21-55(42,56)60)70-44-25-39(63-9)49(31(3)67-44)73-46-27-41(65-11)51(33(5)69-46)74-47-26-40(64-10)50(32(4)68-47)72-45-24-38(62-8)48(58)30(2)66-45/h12-17,30-33,36-51,58,60-61H,18-28H2,1-11H3/t30-,31-,32-,33-,36-,37+,38-,39-,40-,41-,42-,43+,44+,45+,46+,47+,48+,49+,50+,51+,53+,54+,55-,56+/m1/s1. The number of hydrogen-bond acceptors (Lipinski definition) is 18. The molecule has 4 heterocycles. The fourth-order valence-corrected chi connectivity index (χ4v) is 14.9. The number of carbonyl (C=O) groups is 2. The molecule has 4 aliphatic heterocycles. The molecule has 7 fully saturated rings. The van der Waals surface area contributed by atoms with Crippen molar-refractivity contribution in [3.05, 3.63) is 47.5 Å². The first-order valence-electron chi connectivity index (χ1n) is 27.1. The van der Waals surface area contributed by atoms with Gasteiger partial charge in [-0.15, -0.1) is 0 Å². The second kappa shape index (κ2) is 22.3. The van der Waals surface area contributed by atoms with Crippen LogP contribution in [0.15, 0.2) is 42.0 Å². The monoisotopic (exact) mass is 1040 g/mol. The Kier molecular flexibility index (Phi) is 17.0. The largest absolute Gasteiger partial charge is 0.458 e. The van der Waals surface area contributed by atoms with Crippen molar-refractivity contribution in [2.45, 2.75) is 241 Å². The molecule has 24 atom stereocenters. The van der Waals surface area contributed by atoms with Crippen molar-refractivity contribution in [2.75, 3.05) is 28.4 Å². The SMILES string of the molecule is CO[C@@H]1C[C@H](O[C@H]2[C@@H](C)O[C@@H](O[C@H]3[C@@H](C)O[C@@H](O[C@H]4[C@@H](C)O[C@@H](O[C@@H]5CC[C@@]6(C)C(=CC[C@@]7(O)[C@@H]6C[C@H](OC(=O)c6ccccc6)[C@]6(C)[C@H](C(C)=O)CC[C@]67O)C5)C[C@H]4OC)C[C@H]3OC)C[C@H]2OC)O[C@H](C)[C@@H]1O. The van der Waals surface area contributed by atoms with E-state index in [1.54, 1.807) is 59.6 Å². The Hall–Kier alpha value is -2.50. The molecule has 0 unspecified atom stereocenters. The fourth-order valence-electron chi connectivity index (χ4n) is 14.9. The van der Waals surface area contributed by atoms with E-state index in [4.69, 9.17) is 61.6 Å². The minimum Gasteiger partial charge on any atom is -0.458 e. The van der Waals surface area contributed by atoms with Crippen molar-refractivity contribution in [2.24, 2.45) is 22.7 Å². The lowest BCUT2D eigenvalue weighted by Gasteiger charge is -2.66. The summed E-state index contributed by atoms with van der Waals surface area (Å²) in [4.78, 5) is 27.0. The number of ether oxygens (including phenoxy) is 13. The Bertz CT molecular complexity index is 2130. The molecule has 0 spiro atoms. The van der Waals surface area contributed by atoms with Gasteiger partial charge in [-0.1, -0.05) is 43.7 Å². The molecular formula is C56H84O18. The lowest BCUT2D eigenvalue weighted by Crippen LogP contribution is -2.75. The number of rotatable bonds is 15. The molecule has 3 N–H and O–H groups in total. The summed E-state index contributed by atoms with van der Waals surface area (Å²) in [5.74, 6) is -1.62. The number of fused-ring (bicyclic) bond motifs is 5. The number of hydrogen-bond donors (Lipinski definition) is 3. The highest BCUT2D eigenvalue weighted by Gasteiger charge is 2.77. The third kappa shape index (κ3) is 10.1. The molecule has 18 nitrogen and oxygen atoms in total. The van der Waals surface area contributed by atoms with Crippen LogP contribution in [0, 0.1) is 22.7 Å². The molecular weight excluding hydrogens is 961 g/mol. The smallest absolute Gasteiger partial charge is 0.338 e. The molecule has 0 amide bonds. The number of carbonyl (C=O) groups excluding carboxylic acids is 2. The second-order valence-corrected chi connectivity index (χ2v) is 23.1. The summed E-state index contributed by atoms with van der Waals surface area (Å²) in [7, 11) is 6.52. The normalized spacial score (nSPS) is 48.4. The Labute approximate surface area is 436 Å². The van der Waals surface area contributed by atoms with E-state index >= 15 is 0 Å². The predicted molar refractivity (Wildman–Crippen MR) is 264 cm³/mol. The summed E-state index contributed by atoms with van der Waals surface area (Å²) in [5.41, 5.74) is -3.42. The van der Waals surface area contributed by atoms with Gasteiger partial charge in [-0.3, -0.25) is 4.79 Å². The molecule has 1 aromatic carbocycles. The van der Waals surface area contributed by atoms with Crippen molar-refractivity contribution in [3.63, 3.8) is 0 Å². The van der Waals surface area contributed by atoms with Crippen LogP contribution in [-0.4, -0.2) is 177 Å². The summed E-state index contributed by atoms with van der Waals surface area (Å²) < 4.78 is 81.8. The molecule has 18 heteroatoms. The van der Waals surface area contributed by atoms with Crippen LogP contribution in [0.4, 0.5) is 0 Å². The van der Waals surface area contributed by atoms with Crippen LogP contribution in [0.1, 0.15) is 129 Å². The first-order valence-corrected chi connectivity index (χ1v) is 27.1. The zero-order valence-electron chi connectivity index (χ0n) is 45.3. The Morgan fingerprint density at radius 2 is 1.12 bits per heavy atom. The van der Waals surface area contributed by atoms with Gasteiger partial charge in [0.1, 0.15) is 47.5 Å². The lowest BCUT2D eigenvalue weighted by molar-refractivity contribution is -0.347. The summed E-state index contributed by atoms with van der Waals surface area (Å²) in [6, 6.07) is 8.78. The highest BCUT2D eigenvalue weighted by Crippen LogP contribution is 2.70. The zero-order valence-corrected chi connectivity index (χ0v) is 45.3. The van der Waals surface area contributed by atoms with Gasteiger partial charge >= 0.3 is 5.97 Å². The summed E-state index contributed by atoms with van der Waals surface area (Å²) >= 11 is 0. The summed E-state index contributed by atoms with van der Waals surface area (Å²) in [6.45, 7) is 13.1. The number of aliphatic hydroxyl groups excluding tert-OH is 1. The van der Waals surface area contributed by atoms with Crippen molar-refractivity contribution < 1.29 is 86.5 Å². The van der Waals surface area contributed by atoms with Crippen LogP contribution in [0.3, 0.4) is 0 Å². The molecule has 416 valence electrons. The van der Waals surface area contributed by atoms with Crippen molar-refractivity contribution in [1.82, 2.24) is 0 Å². The number of aliphatic hydroxyl groups is 3. The van der Waals surface area contributed by atoms with E-state index in [1.807, 2.05) is 33.8 Å². The van der Waals surface area contributed by atoms with Gasteiger partial charge in [0.15, 0.2) is 25.2 Å². The molecule has 0 bridgehead atoms. The second-order valence-electron chi connectivity index (χ2n) is 23.1. The highest BCUT2D eigenvalue weighted by molar-refractivity contribution is 5.89. The molecule has 1 aromatic rings. The Morgan fingerprint density at radius 1 is 0.635 bits per heavy atom. The van der Waals surface area contributed by atoms with Gasteiger partial charge in [-0.25, -0.2) is 4.79 Å². The molecule has 3 saturated carbocycles. The maximum absolute atomic E-state index is 13.7. The first-order chi connectivity index (χ1) is 35.2. The summed E-state index contributed by atoms with van der Waals surface area (Å²) in [5, 5.41) is 36.4. The predicted octanol–water partition coefficient (Wildman–Crippen LogP) is 5.72. The van der Waals surface area contributed by atoms with E-state index in [0.717, 1.165) is 5.57 Å². The first kappa shape index (κ1) is 56.2. The van der Waals surface area contributed by atoms with Gasteiger partial charge in [0.25, 0.3) is 0 Å². The molecule has 4 saturated heterocycles. The van der Waals surface area contributed by atoms with Crippen LogP contribution in [0.25, 0.3) is 0 Å². The maximum Gasteiger partial charge on any atom is 0.338 e. The van der Waals surface area contributed by atoms with Gasteiger partial charge in [0, 0.05) is 71.4 Å². The molecule has 8 aliphatic rings. The van der Waals surface area contributed by atoms with Crippen LogP contribution < -0.4 is 0 Å². The number of ketones is 1. The molecule has 0 aromatic heterocycles. The Morgan fingerprint density at radius 3 is 1.62 bits per heavy atom. The van der Waals surface area contributed by atoms with Crippen molar-refractivity contribution in [1.29, 1.82) is 0 Å². The van der Waals surface area contributed by atoms with Gasteiger partial charge < -0.3 is 76.9 Å². The third-order valence-corrected chi connectivity index (χ3v) is 19.2. The molecule has 4 aliphatic carbocycles. The quantitative estimate of drug-likeness (QED) is 0.141. The van der Waals surface area contributed by atoms with E-state index in [1.165, 1.54) is 6.92 Å². The maximum atomic E-state index is 13.7. The topological polar surface area (TPSA) is 215 Å². The highest BCUT2D eigenvalue weighted by atomic mass is 16.8. The van der Waals surface area contributed by atoms with E-state index in [-0.39, 0.29) is 36.9 Å². The molecule has 74 heavy (non-hydrogen) atoms. The zero-order chi connectivity index (χ0) is 53.1. The molecule has 0 radical (unpaired) electrons. The average molecular weight is 1050 g/mol. The number of methoxy groups -OCH3 is 4. The van der Waals surface area contributed by atoms with Crippen LogP contribution >= 0.6 is 0 Å². The number of esters is 1. The molecule has 9 rings (SSSR count). The minimum atomic E-state index is -1.68. The van der Waals surface area contributed by atoms with E-state index in [0.29, 0.717) is 63.4 Å².